The van der Waals surface area contributed by atoms with Crippen LogP contribution in [0.2, 0.25) is 0 Å². The van der Waals surface area contributed by atoms with Gasteiger partial charge in [-0.2, -0.15) is 0 Å². The van der Waals surface area contributed by atoms with Gasteiger partial charge in [-0.05, 0) is 75.3 Å². The van der Waals surface area contributed by atoms with Gasteiger partial charge in [0.05, 0.1) is 53.2 Å². The first-order valence-electron chi connectivity index (χ1n) is 20.2. The molecule has 0 spiro atoms. The Bertz CT molecular complexity index is 2050. The zero-order chi connectivity index (χ0) is 41.2. The third-order valence-electron chi connectivity index (χ3n) is 13.1. The molecular weight excluding hydrogens is 763 g/mol. The number of ketones is 1. The summed E-state index contributed by atoms with van der Waals surface area (Å²) in [6.45, 7) is 8.55. The van der Waals surface area contributed by atoms with Crippen molar-refractivity contribution < 1.29 is 50.6 Å². The molecule has 3 heterocycles. The lowest BCUT2D eigenvalue weighted by atomic mass is 9.77. The van der Waals surface area contributed by atoms with Gasteiger partial charge in [0.25, 0.3) is 0 Å². The first-order valence-corrected chi connectivity index (χ1v) is 21.6. The predicted octanol–water partition coefficient (Wildman–Crippen LogP) is 5.56. The third kappa shape index (κ3) is 8.21. The number of aromatic nitrogens is 2. The maximum Gasteiger partial charge on any atom is 0.306 e. The normalized spacial score (nSPS) is 31.6. The van der Waals surface area contributed by atoms with Crippen molar-refractivity contribution in [3.63, 3.8) is 0 Å². The van der Waals surface area contributed by atoms with E-state index < -0.39 is 91.9 Å². The van der Waals surface area contributed by atoms with Crippen LogP contribution in [0.1, 0.15) is 105 Å². The molecule has 3 aliphatic carbocycles. The van der Waals surface area contributed by atoms with Crippen molar-refractivity contribution in [2.75, 3.05) is 13.7 Å². The van der Waals surface area contributed by atoms with E-state index in [0.717, 1.165) is 32.1 Å². The molecule has 5 aliphatic rings. The lowest BCUT2D eigenvalue weighted by molar-refractivity contribution is -0.154. The Morgan fingerprint density at radius 1 is 1.07 bits per heavy atom. The summed E-state index contributed by atoms with van der Waals surface area (Å²) in [6, 6.07) is 4.09. The number of carbonyl (C=O) groups excluding carboxylic acids is 4. The minimum Gasteiger partial charge on any atom is -0.497 e. The van der Waals surface area contributed by atoms with E-state index in [1.165, 1.54) is 11.8 Å². The number of aryl methyl sites for hydroxylation is 1. The first kappa shape index (κ1) is 41.2. The molecule has 8 atom stereocenters. The number of nitrogens with zero attached hydrogens (tertiary/aromatic N) is 3. The minimum absolute atomic E-state index is 0.107. The second-order valence-corrected chi connectivity index (χ2v) is 20.6. The van der Waals surface area contributed by atoms with Crippen molar-refractivity contribution >= 4 is 44.6 Å². The van der Waals surface area contributed by atoms with Gasteiger partial charge in [-0.3, -0.25) is 23.9 Å². The van der Waals surface area contributed by atoms with Gasteiger partial charge in [-0.1, -0.05) is 40.5 Å². The van der Waals surface area contributed by atoms with Crippen LogP contribution in [-0.4, -0.2) is 89.9 Å². The molecule has 2 aromatic rings. The number of ether oxygens (including phenoxy) is 3. The van der Waals surface area contributed by atoms with E-state index in [0.29, 0.717) is 41.7 Å². The van der Waals surface area contributed by atoms with Crippen LogP contribution in [0, 0.1) is 34.5 Å². The Balaban J connectivity index is 1.25. The van der Waals surface area contributed by atoms with Gasteiger partial charge < -0.3 is 19.1 Å². The van der Waals surface area contributed by atoms with Gasteiger partial charge in [0.1, 0.15) is 23.7 Å². The van der Waals surface area contributed by atoms with Crippen molar-refractivity contribution in [1.82, 2.24) is 19.6 Å². The maximum atomic E-state index is 14.8. The summed E-state index contributed by atoms with van der Waals surface area (Å²) in [5, 5.41) is 0. The molecule has 1 aromatic heterocycles. The van der Waals surface area contributed by atoms with Gasteiger partial charge in [-0.25, -0.2) is 27.2 Å². The maximum absolute atomic E-state index is 14.8. The SMILES string of the molecule is COc1ccc2nc3c(nc2c1)O[C@H]1CN(C(=O)[C@H](C(C)(C)C)CC(=O)O[C@@H]2C[C@H]2CCCCC3)[C@H](C(=O)C[C@]2(C(=O)NS(=O)(=O)C3(C)CC3)C[C@H]2C(F)F)[C@@H]1C. The molecule has 2 bridgehead atoms. The molecule has 1 aromatic carbocycles. The zero-order valence-electron chi connectivity index (χ0n) is 33.5. The van der Waals surface area contributed by atoms with Gasteiger partial charge in [0, 0.05) is 24.3 Å². The molecule has 312 valence electrons. The summed E-state index contributed by atoms with van der Waals surface area (Å²) < 4.78 is 73.6. The number of alkyl halides is 2. The predicted molar refractivity (Wildman–Crippen MR) is 204 cm³/mol. The van der Waals surface area contributed by atoms with Crippen LogP contribution < -0.4 is 14.2 Å². The van der Waals surface area contributed by atoms with Crippen LogP contribution in [0.4, 0.5) is 8.78 Å². The van der Waals surface area contributed by atoms with E-state index in [9.17, 15) is 36.4 Å². The summed E-state index contributed by atoms with van der Waals surface area (Å²) in [6.07, 6.45) is 0.101. The number of nitrogens with one attached hydrogen (secondary N) is 1. The number of methoxy groups -OCH3 is 1. The van der Waals surface area contributed by atoms with Crippen molar-refractivity contribution in [3.8, 4) is 11.6 Å². The smallest absolute Gasteiger partial charge is 0.306 e. The van der Waals surface area contributed by atoms with Crippen molar-refractivity contribution in [2.45, 2.75) is 135 Å². The molecule has 16 heteroatoms. The molecule has 1 saturated heterocycles. The lowest BCUT2D eigenvalue weighted by Crippen LogP contribution is -2.50. The zero-order valence-corrected chi connectivity index (χ0v) is 34.3. The van der Waals surface area contributed by atoms with Crippen molar-refractivity contribution in [1.29, 1.82) is 0 Å². The summed E-state index contributed by atoms with van der Waals surface area (Å²) >= 11 is 0. The second-order valence-electron chi connectivity index (χ2n) is 18.4. The summed E-state index contributed by atoms with van der Waals surface area (Å²) in [5.41, 5.74) is -0.981. The summed E-state index contributed by atoms with van der Waals surface area (Å²) in [4.78, 5) is 67.7. The first-order chi connectivity index (χ1) is 26.8. The van der Waals surface area contributed by atoms with E-state index in [-0.39, 0.29) is 37.3 Å². The van der Waals surface area contributed by atoms with Crippen LogP contribution in [0.3, 0.4) is 0 Å². The molecule has 7 rings (SSSR count). The molecule has 1 N–H and O–H groups in total. The highest BCUT2D eigenvalue weighted by atomic mass is 32.2. The number of hydrogen-bond acceptors (Lipinski definition) is 11. The molecule has 2 aliphatic heterocycles. The number of hydrogen-bond donors (Lipinski definition) is 1. The van der Waals surface area contributed by atoms with Gasteiger partial charge >= 0.3 is 5.97 Å². The average molecular weight is 817 g/mol. The molecule has 0 unspecified atom stereocenters. The van der Waals surface area contributed by atoms with E-state index in [4.69, 9.17) is 24.2 Å². The molecule has 4 fully saturated rings. The number of Topliss-reactive ketones (excluding diaryl/α,β-unsaturated/α-hetero) is 1. The number of rotatable bonds is 8. The number of fused-ring (bicyclic) bond motifs is 5. The topological polar surface area (TPSA) is 171 Å². The minimum atomic E-state index is -4.19. The van der Waals surface area contributed by atoms with Crippen LogP contribution in [-0.2, 0) is 40.4 Å². The molecular formula is C41H54F2N4O9S. The van der Waals surface area contributed by atoms with Gasteiger partial charge in [0.2, 0.25) is 34.1 Å². The van der Waals surface area contributed by atoms with Crippen LogP contribution >= 0.6 is 0 Å². The Kier molecular flexibility index (Phi) is 10.9. The summed E-state index contributed by atoms with van der Waals surface area (Å²) in [7, 11) is -2.65. The summed E-state index contributed by atoms with van der Waals surface area (Å²) in [5.74, 6) is -4.99. The highest BCUT2D eigenvalue weighted by Gasteiger charge is 2.67. The quantitative estimate of drug-likeness (QED) is 0.331. The third-order valence-corrected chi connectivity index (χ3v) is 15.3. The van der Waals surface area contributed by atoms with Crippen molar-refractivity contribution in [2.24, 2.45) is 34.5 Å². The van der Waals surface area contributed by atoms with E-state index in [1.807, 2.05) is 31.6 Å². The second kappa shape index (κ2) is 15.0. The van der Waals surface area contributed by atoms with Crippen molar-refractivity contribution in [3.05, 3.63) is 23.9 Å². The number of sulfonamides is 1. The highest BCUT2D eigenvalue weighted by Crippen LogP contribution is 2.59. The lowest BCUT2D eigenvalue weighted by Gasteiger charge is -2.35. The number of carbonyl (C=O) groups is 4. The fourth-order valence-electron chi connectivity index (χ4n) is 8.69. The number of amides is 2. The molecule has 0 radical (unpaired) electrons. The Hall–Kier alpha value is -3.95. The Morgan fingerprint density at radius 2 is 1.81 bits per heavy atom. The molecule has 57 heavy (non-hydrogen) atoms. The highest BCUT2D eigenvalue weighted by molar-refractivity contribution is 7.91. The number of esters is 1. The van der Waals surface area contributed by atoms with E-state index in [1.54, 1.807) is 26.2 Å². The van der Waals surface area contributed by atoms with E-state index in [2.05, 4.69) is 0 Å². The van der Waals surface area contributed by atoms with Crippen LogP contribution in [0.25, 0.3) is 11.0 Å². The van der Waals surface area contributed by atoms with E-state index >= 15 is 0 Å². The fraction of sp³-hybridized carbons (Fsp3) is 0.707. The number of halogens is 2. The Labute approximate surface area is 332 Å². The Morgan fingerprint density at radius 3 is 2.46 bits per heavy atom. The monoisotopic (exact) mass is 816 g/mol. The standard InChI is InChI=1S/C41H54F2N4O9S/c1-22-32-21-47(34(22)30(48)20-41(19-26(41)35(42)43)38(51)46-57(52,53)40(5)14-15-40)37(50)25(39(2,3)4)18-33(49)55-31-16-23(31)10-8-7-9-11-28-36(56-32)45-29-17-24(54-6)12-13-27(29)44-28/h12-13,17,22-23,25-26,31-32,34-35H,7-11,14-16,18-21H2,1-6H3,(H,46,51)/t22-,23-,25-,26+,31-,32+,34+,41-/m1/s1. The molecule has 2 amide bonds. The largest absolute Gasteiger partial charge is 0.497 e. The van der Waals surface area contributed by atoms with Crippen LogP contribution in [0.15, 0.2) is 18.2 Å². The van der Waals surface area contributed by atoms with Crippen LogP contribution in [0.5, 0.6) is 11.6 Å². The van der Waals surface area contributed by atoms with Gasteiger partial charge in [-0.15, -0.1) is 0 Å². The number of benzene rings is 1. The fourth-order valence-corrected chi connectivity index (χ4v) is 10.0. The molecule has 3 saturated carbocycles. The van der Waals surface area contributed by atoms with Gasteiger partial charge in [0.15, 0.2) is 5.78 Å². The molecule has 13 nitrogen and oxygen atoms in total. The average Bonchev–Trinajstić information content (AvgIpc) is 4.08.